The zero-order valence-corrected chi connectivity index (χ0v) is 6.84. The summed E-state index contributed by atoms with van der Waals surface area (Å²) in [7, 11) is 0. The number of hydrogen-bond acceptors (Lipinski definition) is 1. The van der Waals surface area contributed by atoms with E-state index in [9.17, 15) is 0 Å². The Morgan fingerprint density at radius 3 is 2.90 bits per heavy atom. The third-order valence-corrected chi connectivity index (χ3v) is 3.22. The van der Waals surface area contributed by atoms with Crippen molar-refractivity contribution in [3.63, 3.8) is 0 Å². The summed E-state index contributed by atoms with van der Waals surface area (Å²) in [5.41, 5.74) is 0. The summed E-state index contributed by atoms with van der Waals surface area (Å²) in [5.74, 6) is 2.78. The molecule has 0 amide bonds. The van der Waals surface area contributed by atoms with Gasteiger partial charge >= 0.3 is 0 Å². The number of ether oxygens (including phenoxy) is 1. The molecule has 1 heteroatoms. The molecule has 1 saturated heterocycles. The lowest BCUT2D eigenvalue weighted by molar-refractivity contribution is 0.126. The normalized spacial score (nSPS) is 46.8. The molecule has 10 heavy (non-hydrogen) atoms. The maximum atomic E-state index is 5.56. The molecule has 2 aliphatic rings. The SMILES string of the molecule is CCC(C)C1C2CCOC21. The molecule has 1 aliphatic heterocycles. The minimum atomic E-state index is 0.676. The molecule has 1 aliphatic carbocycles. The summed E-state index contributed by atoms with van der Waals surface area (Å²) in [4.78, 5) is 0. The molecule has 58 valence electrons. The Labute approximate surface area is 62.8 Å². The fourth-order valence-corrected chi connectivity index (χ4v) is 2.32. The Balaban J connectivity index is 1.88. The van der Waals surface area contributed by atoms with Gasteiger partial charge in [0.05, 0.1) is 6.10 Å². The fraction of sp³-hybridized carbons (Fsp3) is 1.00. The highest BCUT2D eigenvalue weighted by Gasteiger charge is 2.55. The fourth-order valence-electron chi connectivity index (χ4n) is 2.32. The van der Waals surface area contributed by atoms with E-state index in [1.165, 1.54) is 12.8 Å². The van der Waals surface area contributed by atoms with Gasteiger partial charge in [0.2, 0.25) is 0 Å². The second-order valence-corrected chi connectivity index (χ2v) is 3.75. The quantitative estimate of drug-likeness (QED) is 0.570. The second-order valence-electron chi connectivity index (χ2n) is 3.75. The molecule has 0 N–H and O–H groups in total. The van der Waals surface area contributed by atoms with E-state index >= 15 is 0 Å². The van der Waals surface area contributed by atoms with Crippen LogP contribution >= 0.6 is 0 Å². The Bertz CT molecular complexity index is 120. The van der Waals surface area contributed by atoms with Gasteiger partial charge in [-0.3, -0.25) is 0 Å². The Morgan fingerprint density at radius 2 is 2.40 bits per heavy atom. The molecular weight excluding hydrogens is 124 g/mol. The summed E-state index contributed by atoms with van der Waals surface area (Å²) < 4.78 is 5.56. The first-order valence-electron chi connectivity index (χ1n) is 4.46. The predicted molar refractivity (Wildman–Crippen MR) is 40.8 cm³/mol. The van der Waals surface area contributed by atoms with Gasteiger partial charge in [-0.25, -0.2) is 0 Å². The molecule has 1 heterocycles. The van der Waals surface area contributed by atoms with Crippen LogP contribution in [0.5, 0.6) is 0 Å². The summed E-state index contributed by atoms with van der Waals surface area (Å²) in [6, 6.07) is 0. The van der Waals surface area contributed by atoms with E-state index in [2.05, 4.69) is 13.8 Å². The topological polar surface area (TPSA) is 9.23 Å². The number of fused-ring (bicyclic) bond motifs is 1. The van der Waals surface area contributed by atoms with Gasteiger partial charge in [0.25, 0.3) is 0 Å². The summed E-state index contributed by atoms with van der Waals surface area (Å²) >= 11 is 0. The van der Waals surface area contributed by atoms with E-state index in [0.717, 1.165) is 24.4 Å². The van der Waals surface area contributed by atoms with E-state index in [4.69, 9.17) is 4.74 Å². The van der Waals surface area contributed by atoms with Crippen LogP contribution < -0.4 is 0 Å². The lowest BCUT2D eigenvalue weighted by Gasteiger charge is -2.09. The average molecular weight is 140 g/mol. The van der Waals surface area contributed by atoms with Crippen molar-refractivity contribution < 1.29 is 4.74 Å². The van der Waals surface area contributed by atoms with Gasteiger partial charge in [0, 0.05) is 6.61 Å². The molecule has 0 aromatic heterocycles. The summed E-state index contributed by atoms with van der Waals surface area (Å²) in [5, 5.41) is 0. The van der Waals surface area contributed by atoms with Gasteiger partial charge in [-0.05, 0) is 24.2 Å². The third kappa shape index (κ3) is 0.800. The molecule has 0 bridgehead atoms. The van der Waals surface area contributed by atoms with Gasteiger partial charge < -0.3 is 4.74 Å². The zero-order chi connectivity index (χ0) is 7.14. The van der Waals surface area contributed by atoms with E-state index in [1.807, 2.05) is 0 Å². The molecule has 0 aromatic carbocycles. The van der Waals surface area contributed by atoms with Crippen LogP contribution in [-0.4, -0.2) is 12.7 Å². The van der Waals surface area contributed by atoms with Crippen molar-refractivity contribution >= 4 is 0 Å². The molecule has 1 saturated carbocycles. The summed E-state index contributed by atoms with van der Waals surface area (Å²) in [6.45, 7) is 5.66. The molecular formula is C9H16O. The van der Waals surface area contributed by atoms with Crippen molar-refractivity contribution in [1.29, 1.82) is 0 Å². The van der Waals surface area contributed by atoms with Crippen LogP contribution in [0.4, 0.5) is 0 Å². The molecule has 4 atom stereocenters. The van der Waals surface area contributed by atoms with Crippen molar-refractivity contribution in [3.05, 3.63) is 0 Å². The minimum absolute atomic E-state index is 0.676. The van der Waals surface area contributed by atoms with Crippen LogP contribution in [0.2, 0.25) is 0 Å². The minimum Gasteiger partial charge on any atom is -0.378 e. The largest absolute Gasteiger partial charge is 0.378 e. The van der Waals surface area contributed by atoms with Gasteiger partial charge in [-0.1, -0.05) is 20.3 Å². The van der Waals surface area contributed by atoms with E-state index in [-0.39, 0.29) is 0 Å². The molecule has 0 spiro atoms. The molecule has 1 nitrogen and oxygen atoms in total. The highest BCUT2D eigenvalue weighted by atomic mass is 16.5. The lowest BCUT2D eigenvalue weighted by atomic mass is 10.0. The van der Waals surface area contributed by atoms with Crippen LogP contribution in [0.25, 0.3) is 0 Å². The van der Waals surface area contributed by atoms with Gasteiger partial charge in [0.15, 0.2) is 0 Å². The molecule has 2 fully saturated rings. The molecule has 2 rings (SSSR count). The van der Waals surface area contributed by atoms with E-state index < -0.39 is 0 Å². The highest BCUT2D eigenvalue weighted by Crippen LogP contribution is 2.53. The first kappa shape index (κ1) is 6.66. The maximum absolute atomic E-state index is 5.56. The van der Waals surface area contributed by atoms with Crippen LogP contribution in [0.15, 0.2) is 0 Å². The maximum Gasteiger partial charge on any atom is 0.0642 e. The standard InChI is InChI=1S/C9H16O/c1-3-6(2)8-7-4-5-10-9(7)8/h6-9H,3-5H2,1-2H3. The van der Waals surface area contributed by atoms with Crippen LogP contribution in [0.3, 0.4) is 0 Å². The first-order chi connectivity index (χ1) is 4.84. The van der Waals surface area contributed by atoms with Crippen LogP contribution in [-0.2, 0) is 4.74 Å². The third-order valence-electron chi connectivity index (χ3n) is 3.22. The zero-order valence-electron chi connectivity index (χ0n) is 6.84. The van der Waals surface area contributed by atoms with Crippen molar-refractivity contribution in [1.82, 2.24) is 0 Å². The lowest BCUT2D eigenvalue weighted by Crippen LogP contribution is -2.05. The monoisotopic (exact) mass is 140 g/mol. The Morgan fingerprint density at radius 1 is 1.60 bits per heavy atom. The van der Waals surface area contributed by atoms with Crippen LogP contribution in [0.1, 0.15) is 26.7 Å². The summed E-state index contributed by atoms with van der Waals surface area (Å²) in [6.07, 6.45) is 3.33. The van der Waals surface area contributed by atoms with Gasteiger partial charge in [-0.2, -0.15) is 0 Å². The number of hydrogen-bond donors (Lipinski definition) is 0. The Hall–Kier alpha value is -0.0400. The molecule has 0 radical (unpaired) electrons. The van der Waals surface area contributed by atoms with Crippen molar-refractivity contribution in [3.8, 4) is 0 Å². The van der Waals surface area contributed by atoms with Crippen molar-refractivity contribution in [2.24, 2.45) is 17.8 Å². The van der Waals surface area contributed by atoms with Crippen molar-refractivity contribution in [2.45, 2.75) is 32.8 Å². The predicted octanol–water partition coefficient (Wildman–Crippen LogP) is 2.07. The molecule has 4 unspecified atom stereocenters. The Kier molecular flexibility index (Phi) is 1.48. The van der Waals surface area contributed by atoms with Gasteiger partial charge in [-0.15, -0.1) is 0 Å². The first-order valence-corrected chi connectivity index (χ1v) is 4.46. The molecule has 0 aromatic rings. The van der Waals surface area contributed by atoms with E-state index in [1.54, 1.807) is 0 Å². The smallest absolute Gasteiger partial charge is 0.0642 e. The number of rotatable bonds is 2. The highest BCUT2D eigenvalue weighted by molar-refractivity contribution is 5.03. The average Bonchev–Trinajstić information content (AvgIpc) is 2.43. The van der Waals surface area contributed by atoms with Crippen molar-refractivity contribution in [2.75, 3.05) is 6.61 Å². The van der Waals surface area contributed by atoms with E-state index in [0.29, 0.717) is 6.10 Å². The second kappa shape index (κ2) is 2.23. The van der Waals surface area contributed by atoms with Gasteiger partial charge in [0.1, 0.15) is 0 Å². The van der Waals surface area contributed by atoms with Crippen LogP contribution in [0, 0.1) is 17.8 Å².